The molecule has 0 radical (unpaired) electrons. The number of carbonyl (C=O) groups is 2. The van der Waals surface area contributed by atoms with E-state index in [9.17, 15) is 14.0 Å². The summed E-state index contributed by atoms with van der Waals surface area (Å²) in [6.45, 7) is 0.363. The number of unbranched alkanes of at least 4 members (excludes halogenated alkanes) is 1. The Balaban J connectivity index is 1.71. The van der Waals surface area contributed by atoms with Crippen LogP contribution >= 0.6 is 0 Å². The topological polar surface area (TPSA) is 84.9 Å². The first-order valence-electron chi connectivity index (χ1n) is 10.8. The molecule has 0 unspecified atom stereocenters. The van der Waals surface area contributed by atoms with E-state index in [-0.39, 0.29) is 18.0 Å². The van der Waals surface area contributed by atoms with Crippen molar-refractivity contribution in [2.75, 3.05) is 13.7 Å². The molecule has 3 rings (SSSR count). The summed E-state index contributed by atoms with van der Waals surface area (Å²) in [7, 11) is 1.54. The Kier molecular flexibility index (Phi) is 8.94. The maximum absolute atomic E-state index is 13.7. The largest absolute Gasteiger partial charge is 0.493 e. The van der Waals surface area contributed by atoms with Crippen LogP contribution in [0.1, 0.15) is 35.2 Å². The van der Waals surface area contributed by atoms with Gasteiger partial charge in [0.15, 0.2) is 17.3 Å². The molecule has 34 heavy (non-hydrogen) atoms. The van der Waals surface area contributed by atoms with Crippen molar-refractivity contribution >= 4 is 17.8 Å². The van der Waals surface area contributed by atoms with Crippen molar-refractivity contribution in [3.63, 3.8) is 0 Å². The number of nitrogens with one attached hydrogen (secondary N) is 1. The number of rotatable bonds is 11. The second kappa shape index (κ2) is 12.3. The first-order valence-corrected chi connectivity index (χ1v) is 10.8. The standard InChI is InChI=1S/C27H26FNO5/c1-33-25-15-13-19(17-26(25)34-16-5-4-11-27(31)29-32)12-14-24(30)23-10-3-2-9-22(23)20-7-6-8-21(28)18-20/h2-3,6-10,12-15,17-18,32H,4-5,11,16H2,1H3,(H,29,31). The molecule has 0 aromatic heterocycles. The highest BCUT2D eigenvalue weighted by Gasteiger charge is 2.11. The minimum absolute atomic E-state index is 0.207. The van der Waals surface area contributed by atoms with E-state index >= 15 is 0 Å². The van der Waals surface area contributed by atoms with Crippen LogP contribution in [0.25, 0.3) is 17.2 Å². The van der Waals surface area contributed by atoms with Gasteiger partial charge < -0.3 is 9.47 Å². The summed E-state index contributed by atoms with van der Waals surface area (Å²) in [5.74, 6) is 0.0586. The number of carbonyl (C=O) groups excluding carboxylic acids is 2. The van der Waals surface area contributed by atoms with Crippen molar-refractivity contribution in [2.24, 2.45) is 0 Å². The third-order valence-corrected chi connectivity index (χ3v) is 5.12. The van der Waals surface area contributed by atoms with E-state index in [2.05, 4.69) is 0 Å². The van der Waals surface area contributed by atoms with Gasteiger partial charge in [-0.3, -0.25) is 14.8 Å². The second-order valence-corrected chi connectivity index (χ2v) is 7.50. The van der Waals surface area contributed by atoms with Gasteiger partial charge in [-0.05, 0) is 59.9 Å². The van der Waals surface area contributed by atoms with Crippen molar-refractivity contribution in [3.8, 4) is 22.6 Å². The van der Waals surface area contributed by atoms with Gasteiger partial charge in [-0.25, -0.2) is 9.87 Å². The quantitative estimate of drug-likeness (QED) is 0.130. The maximum Gasteiger partial charge on any atom is 0.243 e. The fourth-order valence-corrected chi connectivity index (χ4v) is 3.40. The fraction of sp³-hybridized carbons (Fsp3) is 0.185. The average molecular weight is 464 g/mol. The molecule has 0 aliphatic rings. The van der Waals surface area contributed by atoms with Gasteiger partial charge in [0.2, 0.25) is 5.91 Å². The zero-order chi connectivity index (χ0) is 24.3. The maximum atomic E-state index is 13.7. The van der Waals surface area contributed by atoms with Crippen LogP contribution < -0.4 is 15.0 Å². The van der Waals surface area contributed by atoms with E-state index in [1.165, 1.54) is 25.3 Å². The average Bonchev–Trinajstić information content (AvgIpc) is 2.87. The highest BCUT2D eigenvalue weighted by molar-refractivity contribution is 6.11. The Morgan fingerprint density at radius 3 is 2.59 bits per heavy atom. The Morgan fingerprint density at radius 1 is 1.00 bits per heavy atom. The van der Waals surface area contributed by atoms with Gasteiger partial charge in [-0.1, -0.05) is 48.5 Å². The van der Waals surface area contributed by atoms with Crippen molar-refractivity contribution in [1.29, 1.82) is 0 Å². The van der Waals surface area contributed by atoms with Crippen LogP contribution in [-0.2, 0) is 4.79 Å². The van der Waals surface area contributed by atoms with Crippen molar-refractivity contribution in [2.45, 2.75) is 19.3 Å². The SMILES string of the molecule is COc1ccc(C=CC(=O)c2ccccc2-c2cccc(F)c2)cc1OCCCCC(=O)NO. The third kappa shape index (κ3) is 6.76. The number of methoxy groups -OCH3 is 1. The predicted octanol–water partition coefficient (Wildman–Crippen LogP) is 5.45. The predicted molar refractivity (Wildman–Crippen MR) is 127 cm³/mol. The van der Waals surface area contributed by atoms with Gasteiger partial charge in [0.25, 0.3) is 0 Å². The molecule has 1 amide bonds. The molecule has 0 heterocycles. The zero-order valence-corrected chi connectivity index (χ0v) is 18.8. The van der Waals surface area contributed by atoms with Gasteiger partial charge in [-0.15, -0.1) is 0 Å². The molecule has 2 N–H and O–H groups in total. The first kappa shape index (κ1) is 24.7. The number of hydroxylamine groups is 1. The summed E-state index contributed by atoms with van der Waals surface area (Å²) in [6.07, 6.45) is 4.54. The van der Waals surface area contributed by atoms with Crippen LogP contribution in [-0.4, -0.2) is 30.6 Å². The Bertz CT molecular complexity index is 1180. The molecule has 0 atom stereocenters. The van der Waals surface area contributed by atoms with Gasteiger partial charge in [0.05, 0.1) is 13.7 Å². The number of ketones is 1. The molecule has 0 aliphatic carbocycles. The normalized spacial score (nSPS) is 10.8. The summed E-state index contributed by atoms with van der Waals surface area (Å²) >= 11 is 0. The Morgan fingerprint density at radius 2 is 1.82 bits per heavy atom. The number of ether oxygens (including phenoxy) is 2. The number of halogens is 1. The van der Waals surface area contributed by atoms with E-state index in [4.69, 9.17) is 14.7 Å². The molecular formula is C27H26FNO5. The van der Waals surface area contributed by atoms with Crippen LogP contribution in [0.4, 0.5) is 4.39 Å². The lowest BCUT2D eigenvalue weighted by Crippen LogP contribution is -2.18. The highest BCUT2D eigenvalue weighted by Crippen LogP contribution is 2.29. The van der Waals surface area contributed by atoms with E-state index in [0.717, 1.165) is 5.56 Å². The van der Waals surface area contributed by atoms with E-state index in [1.807, 2.05) is 6.07 Å². The second-order valence-electron chi connectivity index (χ2n) is 7.50. The minimum Gasteiger partial charge on any atom is -0.493 e. The number of amides is 1. The lowest BCUT2D eigenvalue weighted by Gasteiger charge is -2.11. The van der Waals surface area contributed by atoms with Crippen LogP contribution in [0.15, 0.2) is 72.8 Å². The van der Waals surface area contributed by atoms with Crippen LogP contribution in [0.3, 0.4) is 0 Å². The number of allylic oxidation sites excluding steroid dienone is 1. The molecule has 7 heteroatoms. The van der Waals surface area contributed by atoms with Crippen molar-refractivity contribution in [1.82, 2.24) is 5.48 Å². The van der Waals surface area contributed by atoms with Gasteiger partial charge in [-0.2, -0.15) is 0 Å². The lowest BCUT2D eigenvalue weighted by molar-refractivity contribution is -0.129. The lowest BCUT2D eigenvalue weighted by atomic mass is 9.96. The fourth-order valence-electron chi connectivity index (χ4n) is 3.40. The number of hydrogen-bond acceptors (Lipinski definition) is 5. The summed E-state index contributed by atoms with van der Waals surface area (Å²) in [6, 6.07) is 18.6. The molecule has 3 aromatic rings. The van der Waals surface area contributed by atoms with E-state index in [0.29, 0.717) is 47.6 Å². The zero-order valence-electron chi connectivity index (χ0n) is 18.8. The number of hydrogen-bond donors (Lipinski definition) is 2. The van der Waals surface area contributed by atoms with Gasteiger partial charge >= 0.3 is 0 Å². The molecular weight excluding hydrogens is 437 g/mol. The molecule has 0 spiro atoms. The van der Waals surface area contributed by atoms with E-state index < -0.39 is 5.91 Å². The van der Waals surface area contributed by atoms with Crippen LogP contribution in [0.5, 0.6) is 11.5 Å². The summed E-state index contributed by atoms with van der Waals surface area (Å²) in [5.41, 5.74) is 4.10. The van der Waals surface area contributed by atoms with Gasteiger partial charge in [0, 0.05) is 12.0 Å². The van der Waals surface area contributed by atoms with E-state index in [1.54, 1.807) is 60.1 Å². The molecule has 0 fully saturated rings. The minimum atomic E-state index is -0.437. The molecule has 0 aliphatic heterocycles. The number of benzene rings is 3. The molecule has 0 bridgehead atoms. The van der Waals surface area contributed by atoms with Crippen molar-refractivity contribution < 1.29 is 28.7 Å². The molecule has 176 valence electrons. The summed E-state index contributed by atoms with van der Waals surface area (Å²) in [4.78, 5) is 24.0. The summed E-state index contributed by atoms with van der Waals surface area (Å²) < 4.78 is 24.8. The van der Waals surface area contributed by atoms with Crippen LogP contribution in [0.2, 0.25) is 0 Å². The third-order valence-electron chi connectivity index (χ3n) is 5.12. The van der Waals surface area contributed by atoms with Crippen LogP contribution in [0, 0.1) is 5.82 Å². The molecule has 0 saturated carbocycles. The first-order chi connectivity index (χ1) is 16.5. The smallest absolute Gasteiger partial charge is 0.243 e. The highest BCUT2D eigenvalue weighted by atomic mass is 19.1. The Labute approximate surface area is 197 Å². The Hall–Kier alpha value is -3.97. The monoisotopic (exact) mass is 463 g/mol. The molecule has 6 nitrogen and oxygen atoms in total. The van der Waals surface area contributed by atoms with Gasteiger partial charge in [0.1, 0.15) is 5.82 Å². The summed E-state index contributed by atoms with van der Waals surface area (Å²) in [5, 5.41) is 8.52. The van der Waals surface area contributed by atoms with Crippen molar-refractivity contribution in [3.05, 3.63) is 89.8 Å². The molecule has 3 aromatic carbocycles. The molecule has 0 saturated heterocycles.